The summed E-state index contributed by atoms with van der Waals surface area (Å²) in [4.78, 5) is 0. The van der Waals surface area contributed by atoms with E-state index in [1.54, 1.807) is 11.8 Å². The topological polar surface area (TPSA) is 0 Å². The summed E-state index contributed by atoms with van der Waals surface area (Å²) < 4.78 is 0. The average Bonchev–Trinajstić information content (AvgIpc) is 3.58. The molecule has 4 saturated carbocycles. The number of hydrogen-bond acceptors (Lipinski definition) is 0. The molecule has 0 unspecified atom stereocenters. The second kappa shape index (κ2) is 16.7. The van der Waals surface area contributed by atoms with E-state index in [4.69, 9.17) is 17.0 Å². The first-order valence-electron chi connectivity index (χ1n) is 16.0. The van der Waals surface area contributed by atoms with Crippen molar-refractivity contribution in [3.63, 3.8) is 0 Å². The molecule has 0 heterocycles. The predicted molar refractivity (Wildman–Crippen MR) is 175 cm³/mol. The van der Waals surface area contributed by atoms with Crippen molar-refractivity contribution in [3.8, 4) is 0 Å². The van der Waals surface area contributed by atoms with Gasteiger partial charge in [0.1, 0.15) is 0 Å². The van der Waals surface area contributed by atoms with Crippen LogP contribution in [0.5, 0.6) is 0 Å². The van der Waals surface area contributed by atoms with Crippen molar-refractivity contribution in [2.45, 2.75) is 80.1 Å². The van der Waals surface area contributed by atoms with Crippen LogP contribution in [0.3, 0.4) is 0 Å². The van der Waals surface area contributed by atoms with Crippen LogP contribution < -0.4 is 0 Å². The fraction of sp³-hybridized carbons (Fsp3) is 0.526. The van der Waals surface area contributed by atoms with E-state index in [9.17, 15) is 0 Å². The third-order valence-corrected chi connectivity index (χ3v) is 10.3. The van der Waals surface area contributed by atoms with E-state index in [1.807, 2.05) is 0 Å². The predicted octanol–water partition coefficient (Wildman–Crippen LogP) is 11.3. The molecule has 3 heteroatoms. The molecule has 6 rings (SSSR count). The second-order valence-corrected chi connectivity index (χ2v) is 17.4. The molecule has 6 aliphatic carbocycles. The number of hydrogen-bond donors (Lipinski definition) is 0. The van der Waals surface area contributed by atoms with Crippen LogP contribution in [0.4, 0.5) is 0 Å². The third kappa shape index (κ3) is 8.78. The summed E-state index contributed by atoms with van der Waals surface area (Å²) in [5, 5.41) is 0. The first kappa shape index (κ1) is 34.3. The van der Waals surface area contributed by atoms with Gasteiger partial charge in [0.25, 0.3) is 0 Å². The van der Waals surface area contributed by atoms with Gasteiger partial charge in [-0.05, 0) is 111 Å². The minimum atomic E-state index is -0.826. The second-order valence-electron chi connectivity index (χ2n) is 13.7. The number of allylic oxidation sites excluding steroid dienone is 8. The molecule has 0 bridgehead atoms. The van der Waals surface area contributed by atoms with E-state index in [0.29, 0.717) is 0 Å². The zero-order valence-electron chi connectivity index (χ0n) is 26.0. The van der Waals surface area contributed by atoms with Crippen LogP contribution in [-0.2, 0) is 20.8 Å². The summed E-state index contributed by atoms with van der Waals surface area (Å²) in [5.41, 5.74) is 0. The van der Waals surface area contributed by atoms with E-state index >= 15 is 0 Å². The fourth-order valence-electron chi connectivity index (χ4n) is 8.12. The summed E-state index contributed by atoms with van der Waals surface area (Å²) in [6.45, 7) is 14.5. The third-order valence-electron chi connectivity index (χ3n) is 10.3. The SMILES string of the molecule is CC(C)[C@H]1CC[C@H](C)C[C@H]1[C]1[CH][CH][C]2C=CC=C[C]21.CC(C)[C@H]1CC[C@H](C)C[C@H]1[C]1[CH][CH][C]2C=CC=C[C]21.[Cl][Zr+2][Cl]. The summed E-state index contributed by atoms with van der Waals surface area (Å²) in [6.07, 6.45) is 35.5. The Balaban J connectivity index is 0.000000173. The molecule has 0 aromatic carbocycles. The standard InChI is InChI=1S/2C19H25.2ClH.Zr/c2*1-13(2)16-10-8-14(3)12-19(16)18-11-9-15-6-4-5-7-17(15)18;;;/h2*4-7,9,11,13-14,16,19H,8,10,12H2,1-3H3;2*1H;/q;;;;+4/p-2/t2*14-,16+,19+;;;/m00.../s1. The van der Waals surface area contributed by atoms with Crippen molar-refractivity contribution < 1.29 is 20.8 Å². The van der Waals surface area contributed by atoms with Gasteiger partial charge in [-0.25, -0.2) is 0 Å². The van der Waals surface area contributed by atoms with E-state index in [-0.39, 0.29) is 0 Å². The van der Waals surface area contributed by atoms with E-state index in [1.165, 1.54) is 62.2 Å². The average molecular weight is 669 g/mol. The Morgan fingerprint density at radius 2 is 0.951 bits per heavy atom. The molecule has 0 saturated heterocycles. The van der Waals surface area contributed by atoms with Crippen molar-refractivity contribution in [1.29, 1.82) is 0 Å². The van der Waals surface area contributed by atoms with Gasteiger partial charge in [0.2, 0.25) is 0 Å². The first-order chi connectivity index (χ1) is 19.7. The van der Waals surface area contributed by atoms with Crippen LogP contribution in [-0.4, -0.2) is 0 Å². The molecule has 41 heavy (non-hydrogen) atoms. The van der Waals surface area contributed by atoms with Crippen LogP contribution in [0.2, 0.25) is 0 Å². The van der Waals surface area contributed by atoms with Gasteiger partial charge in [-0.2, -0.15) is 0 Å². The molecule has 0 aromatic heterocycles. The molecule has 0 spiro atoms. The molecule has 0 N–H and O–H groups in total. The Morgan fingerprint density at radius 3 is 1.32 bits per heavy atom. The van der Waals surface area contributed by atoms with E-state index in [0.717, 1.165) is 47.3 Å². The van der Waals surface area contributed by atoms with Gasteiger partial charge in [-0.3, -0.25) is 0 Å². The molecule has 10 radical (unpaired) electrons. The molecule has 6 aliphatic rings. The normalized spacial score (nSPS) is 34.7. The fourth-order valence-corrected chi connectivity index (χ4v) is 8.12. The molecule has 0 nitrogen and oxygen atoms in total. The molecule has 0 aromatic rings. The molecule has 218 valence electrons. The van der Waals surface area contributed by atoms with Gasteiger partial charge >= 0.3 is 37.9 Å². The maximum absolute atomic E-state index is 4.93. The molecule has 4 fully saturated rings. The quantitative estimate of drug-likeness (QED) is 0.280. The summed E-state index contributed by atoms with van der Waals surface area (Å²) in [5.74, 6) is 15.7. The summed E-state index contributed by atoms with van der Waals surface area (Å²) in [6, 6.07) is 0. The van der Waals surface area contributed by atoms with Gasteiger partial charge in [0.15, 0.2) is 0 Å². The number of halogens is 2. The van der Waals surface area contributed by atoms with Gasteiger partial charge in [0.05, 0.1) is 0 Å². The summed E-state index contributed by atoms with van der Waals surface area (Å²) >= 11 is -0.826. The Kier molecular flexibility index (Phi) is 13.9. The van der Waals surface area contributed by atoms with Crippen molar-refractivity contribution in [1.82, 2.24) is 0 Å². The van der Waals surface area contributed by atoms with Crippen LogP contribution in [0.15, 0.2) is 48.6 Å². The Hall–Kier alpha value is 0.423. The van der Waals surface area contributed by atoms with Crippen LogP contribution in [0.25, 0.3) is 0 Å². The maximum atomic E-state index is 4.93. The van der Waals surface area contributed by atoms with Crippen molar-refractivity contribution in [2.75, 3.05) is 0 Å². The Morgan fingerprint density at radius 1 is 0.585 bits per heavy atom. The Labute approximate surface area is 273 Å². The van der Waals surface area contributed by atoms with Gasteiger partial charge in [0, 0.05) is 23.7 Å². The van der Waals surface area contributed by atoms with Crippen molar-refractivity contribution in [2.24, 2.45) is 47.3 Å². The van der Waals surface area contributed by atoms with Crippen LogP contribution in [0.1, 0.15) is 80.1 Å². The van der Waals surface area contributed by atoms with Crippen LogP contribution >= 0.6 is 17.0 Å². The molecular formula is C38H50Cl2Zr+2. The first-order valence-corrected chi connectivity index (χ1v) is 22.3. The van der Waals surface area contributed by atoms with E-state index < -0.39 is 20.8 Å². The van der Waals surface area contributed by atoms with Gasteiger partial charge < -0.3 is 0 Å². The number of fused-ring (bicyclic) bond motifs is 2. The van der Waals surface area contributed by atoms with Crippen LogP contribution in [0, 0.1) is 109 Å². The number of rotatable bonds is 4. The van der Waals surface area contributed by atoms with E-state index in [2.05, 4.69) is 116 Å². The zero-order chi connectivity index (χ0) is 29.5. The van der Waals surface area contributed by atoms with Crippen molar-refractivity contribution in [3.05, 3.63) is 110 Å². The molecular weight excluding hydrogens is 619 g/mol. The minimum absolute atomic E-state index is 0.767. The Bertz CT molecular complexity index is 830. The molecule has 6 atom stereocenters. The monoisotopic (exact) mass is 666 g/mol. The molecule has 0 aliphatic heterocycles. The summed E-state index contributed by atoms with van der Waals surface area (Å²) in [7, 11) is 9.87. The van der Waals surface area contributed by atoms with Gasteiger partial charge in [-0.1, -0.05) is 103 Å². The molecule has 0 amide bonds. The zero-order valence-corrected chi connectivity index (χ0v) is 30.0. The van der Waals surface area contributed by atoms with Crippen molar-refractivity contribution >= 4 is 17.0 Å². The van der Waals surface area contributed by atoms with Gasteiger partial charge in [-0.15, -0.1) is 0 Å².